The summed E-state index contributed by atoms with van der Waals surface area (Å²) in [7, 11) is 1.22. The summed E-state index contributed by atoms with van der Waals surface area (Å²) in [4.78, 5) is 28.2. The third-order valence-electron chi connectivity index (χ3n) is 3.79. The Kier molecular flexibility index (Phi) is 6.86. The standard InChI is InChI=1S/C18H17F3N4O4/c1-10-5-4-6-12(16(17(26)27)25-28-3)13(10)8-29-24-11(2)14-7-15(18(19,20)21)23-9-22-14/h4-7,9H,8H2,1-3H3,(H,26,27)/b24-11+,25-16+. The maximum atomic E-state index is 12.8. The highest BCUT2D eigenvalue weighted by Crippen LogP contribution is 2.27. The third kappa shape index (κ3) is 5.50. The van der Waals surface area contributed by atoms with Gasteiger partial charge in [-0.15, -0.1) is 0 Å². The molecule has 0 fully saturated rings. The summed E-state index contributed by atoms with van der Waals surface area (Å²) < 4.78 is 38.3. The van der Waals surface area contributed by atoms with Crippen molar-refractivity contribution in [3.8, 4) is 0 Å². The fourth-order valence-corrected chi connectivity index (χ4v) is 2.36. The number of aromatic nitrogens is 2. The highest BCUT2D eigenvalue weighted by atomic mass is 19.4. The van der Waals surface area contributed by atoms with Gasteiger partial charge in [0.15, 0.2) is 5.71 Å². The van der Waals surface area contributed by atoms with Crippen LogP contribution in [0.15, 0.2) is 40.9 Å². The molecule has 0 atom stereocenters. The normalized spacial score (nSPS) is 12.6. The molecule has 1 aromatic carbocycles. The predicted octanol–water partition coefficient (Wildman–Crippen LogP) is 3.18. The highest BCUT2D eigenvalue weighted by Gasteiger charge is 2.33. The molecule has 2 rings (SSSR count). The number of benzene rings is 1. The number of nitrogens with zero attached hydrogens (tertiary/aromatic N) is 4. The zero-order chi connectivity index (χ0) is 21.6. The molecule has 1 aromatic heterocycles. The quantitative estimate of drug-likeness (QED) is 0.555. The predicted molar refractivity (Wildman–Crippen MR) is 96.4 cm³/mol. The van der Waals surface area contributed by atoms with Gasteiger partial charge in [0.05, 0.1) is 5.69 Å². The van der Waals surface area contributed by atoms with Gasteiger partial charge in [-0.05, 0) is 25.5 Å². The Morgan fingerprint density at radius 3 is 2.59 bits per heavy atom. The minimum Gasteiger partial charge on any atom is -0.476 e. The molecule has 0 aliphatic rings. The number of carboxylic acid groups (broad SMARTS) is 1. The van der Waals surface area contributed by atoms with E-state index in [-0.39, 0.29) is 29.3 Å². The van der Waals surface area contributed by atoms with E-state index in [1.54, 1.807) is 19.1 Å². The van der Waals surface area contributed by atoms with Crippen LogP contribution in [-0.2, 0) is 27.3 Å². The van der Waals surface area contributed by atoms with Crippen molar-refractivity contribution in [2.45, 2.75) is 26.6 Å². The molecular weight excluding hydrogens is 393 g/mol. The van der Waals surface area contributed by atoms with Crippen LogP contribution in [0.1, 0.15) is 35.0 Å². The molecule has 0 saturated carbocycles. The van der Waals surface area contributed by atoms with Crippen LogP contribution in [0.2, 0.25) is 0 Å². The van der Waals surface area contributed by atoms with E-state index in [2.05, 4.69) is 25.1 Å². The first-order valence-electron chi connectivity index (χ1n) is 8.14. The zero-order valence-electron chi connectivity index (χ0n) is 15.7. The molecule has 8 nitrogen and oxygen atoms in total. The molecule has 1 N–H and O–H groups in total. The first-order valence-corrected chi connectivity index (χ1v) is 8.14. The van der Waals surface area contributed by atoms with Gasteiger partial charge >= 0.3 is 12.1 Å². The van der Waals surface area contributed by atoms with Crippen LogP contribution in [0.4, 0.5) is 13.2 Å². The molecule has 0 saturated heterocycles. The van der Waals surface area contributed by atoms with Gasteiger partial charge in [-0.3, -0.25) is 0 Å². The van der Waals surface area contributed by atoms with Crippen molar-refractivity contribution in [3.05, 3.63) is 58.7 Å². The van der Waals surface area contributed by atoms with Crippen molar-refractivity contribution in [2.75, 3.05) is 7.11 Å². The van der Waals surface area contributed by atoms with Crippen molar-refractivity contribution in [2.24, 2.45) is 10.3 Å². The van der Waals surface area contributed by atoms with Crippen molar-refractivity contribution in [1.29, 1.82) is 0 Å². The maximum Gasteiger partial charge on any atom is 0.433 e. The number of aryl methyl sites for hydroxylation is 1. The molecule has 11 heteroatoms. The lowest BCUT2D eigenvalue weighted by atomic mass is 9.99. The molecule has 2 aromatic rings. The SMILES string of the molecule is CO/N=C(/C(=O)O)c1cccc(C)c1CO/N=C(\C)c1cc(C(F)(F)F)ncn1. The molecule has 0 aliphatic heterocycles. The van der Waals surface area contributed by atoms with Crippen LogP contribution in [0.5, 0.6) is 0 Å². The smallest absolute Gasteiger partial charge is 0.433 e. The van der Waals surface area contributed by atoms with Gasteiger partial charge in [0.1, 0.15) is 31.4 Å². The fourth-order valence-electron chi connectivity index (χ4n) is 2.36. The Morgan fingerprint density at radius 1 is 1.24 bits per heavy atom. The Labute approximate surface area is 163 Å². The summed E-state index contributed by atoms with van der Waals surface area (Å²) in [6.07, 6.45) is -3.82. The van der Waals surface area contributed by atoms with E-state index in [1.807, 2.05) is 0 Å². The summed E-state index contributed by atoms with van der Waals surface area (Å²) in [6.45, 7) is 3.02. The monoisotopic (exact) mass is 410 g/mol. The van der Waals surface area contributed by atoms with Crippen molar-refractivity contribution in [3.63, 3.8) is 0 Å². The Hall–Kier alpha value is -3.50. The van der Waals surface area contributed by atoms with Crippen molar-refractivity contribution < 1.29 is 32.7 Å². The second kappa shape index (κ2) is 9.13. The topological polar surface area (TPSA) is 106 Å². The van der Waals surface area contributed by atoms with Crippen LogP contribution < -0.4 is 0 Å². The number of hydrogen-bond acceptors (Lipinski definition) is 7. The van der Waals surface area contributed by atoms with E-state index in [0.717, 1.165) is 12.4 Å². The molecule has 1 heterocycles. The highest BCUT2D eigenvalue weighted by molar-refractivity contribution is 6.42. The lowest BCUT2D eigenvalue weighted by Crippen LogP contribution is -2.18. The molecule has 0 amide bonds. The van der Waals surface area contributed by atoms with E-state index in [4.69, 9.17) is 4.84 Å². The number of carboxylic acids is 1. The lowest BCUT2D eigenvalue weighted by molar-refractivity contribution is -0.141. The minimum atomic E-state index is -4.61. The molecule has 154 valence electrons. The third-order valence-corrected chi connectivity index (χ3v) is 3.79. The van der Waals surface area contributed by atoms with E-state index in [1.165, 1.54) is 20.1 Å². The second-order valence-corrected chi connectivity index (χ2v) is 5.77. The molecular formula is C18H17F3N4O4. The van der Waals surface area contributed by atoms with E-state index < -0.39 is 17.8 Å². The van der Waals surface area contributed by atoms with Gasteiger partial charge < -0.3 is 14.8 Å². The van der Waals surface area contributed by atoms with Gasteiger partial charge in [0.2, 0.25) is 0 Å². The first-order chi connectivity index (χ1) is 13.6. The van der Waals surface area contributed by atoms with Crippen LogP contribution in [0, 0.1) is 6.92 Å². The molecule has 0 aliphatic carbocycles. The van der Waals surface area contributed by atoms with Crippen molar-refractivity contribution >= 4 is 17.4 Å². The average molecular weight is 410 g/mol. The molecule has 29 heavy (non-hydrogen) atoms. The van der Waals surface area contributed by atoms with E-state index in [9.17, 15) is 23.1 Å². The number of aliphatic carboxylic acids is 1. The zero-order valence-corrected chi connectivity index (χ0v) is 15.7. The minimum absolute atomic E-state index is 0.0514. The number of carbonyl (C=O) groups is 1. The Bertz CT molecular complexity index is 958. The van der Waals surface area contributed by atoms with Crippen LogP contribution in [0.25, 0.3) is 0 Å². The number of alkyl halides is 3. The Morgan fingerprint density at radius 2 is 1.97 bits per heavy atom. The summed E-state index contributed by atoms with van der Waals surface area (Å²) in [5.41, 5.74) is 0.0964. The van der Waals surface area contributed by atoms with Gasteiger partial charge in [-0.1, -0.05) is 28.5 Å². The number of rotatable bonds is 7. The largest absolute Gasteiger partial charge is 0.476 e. The Balaban J connectivity index is 2.27. The van der Waals surface area contributed by atoms with Gasteiger partial charge in [0, 0.05) is 11.1 Å². The molecule has 0 radical (unpaired) electrons. The number of hydrogen-bond donors (Lipinski definition) is 1. The van der Waals surface area contributed by atoms with Crippen LogP contribution in [0.3, 0.4) is 0 Å². The summed E-state index contributed by atoms with van der Waals surface area (Å²) in [5, 5.41) is 16.6. The average Bonchev–Trinajstić information content (AvgIpc) is 2.66. The van der Waals surface area contributed by atoms with Crippen LogP contribution >= 0.6 is 0 Å². The molecule has 0 unspecified atom stereocenters. The van der Waals surface area contributed by atoms with Gasteiger partial charge in [-0.2, -0.15) is 13.2 Å². The van der Waals surface area contributed by atoms with Crippen LogP contribution in [-0.4, -0.2) is 39.6 Å². The van der Waals surface area contributed by atoms with E-state index in [0.29, 0.717) is 11.1 Å². The summed E-state index contributed by atoms with van der Waals surface area (Å²) in [5.74, 6) is -1.29. The number of oxime groups is 2. The maximum absolute atomic E-state index is 12.8. The van der Waals surface area contributed by atoms with Crippen molar-refractivity contribution in [1.82, 2.24) is 9.97 Å². The summed E-state index contributed by atoms with van der Waals surface area (Å²) >= 11 is 0. The van der Waals surface area contributed by atoms with Gasteiger partial charge in [-0.25, -0.2) is 14.8 Å². The van der Waals surface area contributed by atoms with E-state index >= 15 is 0 Å². The van der Waals surface area contributed by atoms with Gasteiger partial charge in [0.25, 0.3) is 0 Å². The summed E-state index contributed by atoms with van der Waals surface area (Å²) in [6, 6.07) is 5.69. The fraction of sp³-hybridized carbons (Fsp3) is 0.278. The molecule has 0 spiro atoms. The first kappa shape index (κ1) is 21.8. The molecule has 0 bridgehead atoms. The lowest BCUT2D eigenvalue weighted by Gasteiger charge is -2.11. The second-order valence-electron chi connectivity index (χ2n) is 5.77. The number of halogens is 3.